The van der Waals surface area contributed by atoms with Crippen molar-refractivity contribution < 1.29 is 0 Å². The number of piperazine rings is 1. The number of hydrogen-bond acceptors (Lipinski definition) is 3. The van der Waals surface area contributed by atoms with E-state index in [0.717, 1.165) is 36.0 Å². The van der Waals surface area contributed by atoms with Gasteiger partial charge in [-0.05, 0) is 49.8 Å². The lowest BCUT2D eigenvalue weighted by Gasteiger charge is -2.36. The van der Waals surface area contributed by atoms with Crippen LogP contribution in [-0.4, -0.2) is 43.7 Å². The van der Waals surface area contributed by atoms with Gasteiger partial charge in [-0.25, -0.2) is 0 Å². The van der Waals surface area contributed by atoms with Crippen molar-refractivity contribution in [2.24, 2.45) is 11.7 Å². The van der Waals surface area contributed by atoms with E-state index in [1.165, 1.54) is 38.2 Å². The Morgan fingerprint density at radius 3 is 2.52 bits per heavy atom. The molecule has 1 aliphatic heterocycles. The lowest BCUT2D eigenvalue weighted by molar-refractivity contribution is 0.248. The quantitative estimate of drug-likeness (QED) is 0.908. The molecule has 1 aliphatic carbocycles. The number of nitrogens with two attached hydrogens (primary N) is 1. The van der Waals surface area contributed by atoms with Crippen molar-refractivity contribution in [1.82, 2.24) is 4.90 Å². The molecule has 0 radical (unpaired) electrons. The maximum atomic E-state index is 6.41. The van der Waals surface area contributed by atoms with Gasteiger partial charge < -0.3 is 10.6 Å². The highest BCUT2D eigenvalue weighted by Crippen LogP contribution is 2.30. The predicted octanol–water partition coefficient (Wildman–Crippen LogP) is 2.76. The normalized spacial score (nSPS) is 21.6. The van der Waals surface area contributed by atoms with Gasteiger partial charge in [0, 0.05) is 49.5 Å². The molecule has 1 saturated heterocycles. The molecule has 2 N–H and O–H groups in total. The minimum Gasteiger partial charge on any atom is -0.369 e. The summed E-state index contributed by atoms with van der Waals surface area (Å²) >= 11 is 6.41. The molecule has 3 nitrogen and oxygen atoms in total. The largest absolute Gasteiger partial charge is 0.369 e. The Morgan fingerprint density at radius 1 is 1.24 bits per heavy atom. The second-order valence-electron chi connectivity index (χ2n) is 6.69. The van der Waals surface area contributed by atoms with Crippen LogP contribution in [-0.2, 0) is 6.42 Å². The van der Waals surface area contributed by atoms with E-state index >= 15 is 0 Å². The number of benzene rings is 1. The fourth-order valence-electron chi connectivity index (χ4n) is 3.10. The molecule has 2 fully saturated rings. The third kappa shape index (κ3) is 4.12. The van der Waals surface area contributed by atoms with Gasteiger partial charge in [-0.2, -0.15) is 0 Å². The molecular formula is C17H26ClN3. The van der Waals surface area contributed by atoms with Gasteiger partial charge in [-0.1, -0.05) is 17.7 Å². The van der Waals surface area contributed by atoms with Crippen LogP contribution in [0.4, 0.5) is 5.69 Å². The highest BCUT2D eigenvalue weighted by molar-refractivity contribution is 6.31. The van der Waals surface area contributed by atoms with Crippen molar-refractivity contribution in [2.75, 3.05) is 37.6 Å². The van der Waals surface area contributed by atoms with Gasteiger partial charge in [-0.15, -0.1) is 0 Å². The van der Waals surface area contributed by atoms with Crippen molar-refractivity contribution in [3.8, 4) is 0 Å². The summed E-state index contributed by atoms with van der Waals surface area (Å²) in [5, 5.41) is 0.852. The van der Waals surface area contributed by atoms with E-state index in [0.29, 0.717) is 0 Å². The van der Waals surface area contributed by atoms with Gasteiger partial charge in [0.25, 0.3) is 0 Å². The molecule has 4 heteroatoms. The third-order valence-electron chi connectivity index (χ3n) is 4.53. The van der Waals surface area contributed by atoms with Gasteiger partial charge >= 0.3 is 0 Å². The predicted molar refractivity (Wildman–Crippen MR) is 90.2 cm³/mol. The van der Waals surface area contributed by atoms with Crippen molar-refractivity contribution in [3.05, 3.63) is 28.8 Å². The van der Waals surface area contributed by atoms with Crippen molar-refractivity contribution in [3.63, 3.8) is 0 Å². The molecule has 0 bridgehead atoms. The van der Waals surface area contributed by atoms with Gasteiger partial charge in [0.05, 0.1) is 0 Å². The van der Waals surface area contributed by atoms with E-state index in [4.69, 9.17) is 17.3 Å². The molecular weight excluding hydrogens is 282 g/mol. The van der Waals surface area contributed by atoms with E-state index in [-0.39, 0.29) is 6.04 Å². The smallest absolute Gasteiger partial charge is 0.0459 e. The Labute approximate surface area is 133 Å². The standard InChI is InChI=1S/C17H26ClN3/c1-13(19)10-15-4-5-16(11-17(15)18)21-8-6-20(7-9-21)12-14-2-3-14/h4-5,11,13-14H,2-3,6-10,12,19H2,1H3. The molecule has 116 valence electrons. The molecule has 21 heavy (non-hydrogen) atoms. The lowest BCUT2D eigenvalue weighted by atomic mass is 10.1. The first kappa shape index (κ1) is 15.1. The number of halogens is 1. The van der Waals surface area contributed by atoms with Crippen LogP contribution < -0.4 is 10.6 Å². The Kier molecular flexibility index (Phi) is 4.72. The van der Waals surface area contributed by atoms with Crippen LogP contribution in [0, 0.1) is 5.92 Å². The fraction of sp³-hybridized carbons (Fsp3) is 0.647. The van der Waals surface area contributed by atoms with Crippen LogP contribution in [0.5, 0.6) is 0 Å². The topological polar surface area (TPSA) is 32.5 Å². The molecule has 1 saturated carbocycles. The summed E-state index contributed by atoms with van der Waals surface area (Å²) in [6.45, 7) is 7.89. The van der Waals surface area contributed by atoms with Crippen LogP contribution >= 0.6 is 11.6 Å². The Balaban J connectivity index is 1.58. The van der Waals surface area contributed by atoms with Gasteiger partial charge in [0.1, 0.15) is 0 Å². The molecule has 1 unspecified atom stereocenters. The van der Waals surface area contributed by atoms with E-state index < -0.39 is 0 Å². The molecule has 0 aromatic heterocycles. The summed E-state index contributed by atoms with van der Waals surface area (Å²) in [4.78, 5) is 5.06. The van der Waals surface area contributed by atoms with Crippen molar-refractivity contribution in [1.29, 1.82) is 0 Å². The van der Waals surface area contributed by atoms with Crippen LogP contribution in [0.15, 0.2) is 18.2 Å². The summed E-state index contributed by atoms with van der Waals surface area (Å²) in [7, 11) is 0. The molecule has 0 spiro atoms. The van der Waals surface area contributed by atoms with Crippen molar-refractivity contribution >= 4 is 17.3 Å². The second-order valence-corrected chi connectivity index (χ2v) is 7.10. The van der Waals surface area contributed by atoms with Crippen LogP contribution in [0.25, 0.3) is 0 Å². The summed E-state index contributed by atoms with van der Waals surface area (Å²) in [5.74, 6) is 0.989. The van der Waals surface area contributed by atoms with E-state index in [2.05, 4.69) is 28.0 Å². The van der Waals surface area contributed by atoms with E-state index in [9.17, 15) is 0 Å². The molecule has 1 heterocycles. The summed E-state index contributed by atoms with van der Waals surface area (Å²) in [6.07, 6.45) is 3.72. The lowest BCUT2D eigenvalue weighted by Crippen LogP contribution is -2.47. The van der Waals surface area contributed by atoms with Gasteiger partial charge in [0.2, 0.25) is 0 Å². The molecule has 1 atom stereocenters. The number of nitrogens with zero attached hydrogens (tertiary/aromatic N) is 2. The Hall–Kier alpha value is -0.770. The molecule has 1 aromatic rings. The monoisotopic (exact) mass is 307 g/mol. The number of hydrogen-bond donors (Lipinski definition) is 1. The second kappa shape index (κ2) is 6.55. The van der Waals surface area contributed by atoms with Gasteiger partial charge in [0.15, 0.2) is 0 Å². The zero-order valence-electron chi connectivity index (χ0n) is 12.9. The first-order valence-electron chi connectivity index (χ1n) is 8.13. The number of anilines is 1. The molecule has 2 aliphatic rings. The fourth-order valence-corrected chi connectivity index (χ4v) is 3.35. The van der Waals surface area contributed by atoms with Crippen LogP contribution in [0.2, 0.25) is 5.02 Å². The summed E-state index contributed by atoms with van der Waals surface area (Å²) in [5.41, 5.74) is 8.26. The maximum absolute atomic E-state index is 6.41. The van der Waals surface area contributed by atoms with Crippen molar-refractivity contribution in [2.45, 2.75) is 32.2 Å². The first-order chi connectivity index (χ1) is 10.1. The Morgan fingerprint density at radius 2 is 1.95 bits per heavy atom. The van der Waals surface area contributed by atoms with Gasteiger partial charge in [-0.3, -0.25) is 4.90 Å². The SMILES string of the molecule is CC(N)Cc1ccc(N2CCN(CC3CC3)CC2)cc1Cl. The zero-order valence-corrected chi connectivity index (χ0v) is 13.6. The van der Waals surface area contributed by atoms with Crippen LogP contribution in [0.1, 0.15) is 25.3 Å². The minimum atomic E-state index is 0.152. The molecule has 3 rings (SSSR count). The Bertz CT molecular complexity index is 477. The average Bonchev–Trinajstić information content (AvgIpc) is 3.25. The first-order valence-corrected chi connectivity index (χ1v) is 8.51. The highest BCUT2D eigenvalue weighted by atomic mass is 35.5. The summed E-state index contributed by atoms with van der Waals surface area (Å²) < 4.78 is 0. The number of rotatable bonds is 5. The van der Waals surface area contributed by atoms with E-state index in [1.807, 2.05) is 6.92 Å². The third-order valence-corrected chi connectivity index (χ3v) is 4.88. The molecule has 0 amide bonds. The average molecular weight is 308 g/mol. The van der Waals surface area contributed by atoms with E-state index in [1.54, 1.807) is 0 Å². The minimum absolute atomic E-state index is 0.152. The maximum Gasteiger partial charge on any atom is 0.0459 e. The molecule has 1 aromatic carbocycles. The zero-order chi connectivity index (χ0) is 14.8. The highest BCUT2D eigenvalue weighted by Gasteiger charge is 2.26. The van der Waals surface area contributed by atoms with Crippen LogP contribution in [0.3, 0.4) is 0 Å². The summed E-state index contributed by atoms with van der Waals surface area (Å²) in [6, 6.07) is 6.59.